The van der Waals surface area contributed by atoms with E-state index in [2.05, 4.69) is 250 Å². The highest BCUT2D eigenvalue weighted by molar-refractivity contribution is 6.18. The molecule has 0 N–H and O–H groups in total. The van der Waals surface area contributed by atoms with E-state index in [4.69, 9.17) is 0 Å². The molecule has 0 atom stereocenters. The van der Waals surface area contributed by atoms with Crippen molar-refractivity contribution in [2.24, 2.45) is 0 Å². The average molecular weight is 802 g/mol. The molecule has 13 rings (SSSR count). The normalized spacial score (nSPS) is 11.8. The first-order chi connectivity index (χ1) is 31.3. The van der Waals surface area contributed by atoms with Gasteiger partial charge in [0.15, 0.2) is 0 Å². The quantitative estimate of drug-likeness (QED) is 0.159. The fourth-order valence-electron chi connectivity index (χ4n) is 10.3. The third-order valence-corrected chi connectivity index (χ3v) is 13.0. The maximum absolute atomic E-state index is 2.43. The van der Waals surface area contributed by atoms with Crippen LogP contribution in [0, 0.1) is 0 Å². The molecule has 0 saturated heterocycles. The summed E-state index contributed by atoms with van der Waals surface area (Å²) in [6.07, 6.45) is 0. The summed E-state index contributed by atoms with van der Waals surface area (Å²) < 4.78 is 7.20. The van der Waals surface area contributed by atoms with Gasteiger partial charge in [-0.2, -0.15) is 0 Å². The molecule has 3 aromatic heterocycles. The number of hydrogen-bond acceptors (Lipinski definition) is 0. The molecule has 0 aliphatic heterocycles. The Balaban J connectivity index is 1.03. The molecule has 0 aliphatic carbocycles. The van der Waals surface area contributed by atoms with Gasteiger partial charge in [-0.3, -0.25) is 0 Å². The minimum Gasteiger partial charge on any atom is -0.309 e. The number of benzene rings is 10. The van der Waals surface area contributed by atoms with Gasteiger partial charge in [0.1, 0.15) is 0 Å². The Morgan fingerprint density at radius 3 is 1.13 bits per heavy atom. The Morgan fingerprint density at radius 2 is 0.571 bits per heavy atom. The number of fused-ring (bicyclic) bond motifs is 9. The fraction of sp³-hybridized carbons (Fsp3) is 0. The van der Waals surface area contributed by atoms with Crippen LogP contribution in [0.3, 0.4) is 0 Å². The van der Waals surface area contributed by atoms with E-state index in [1.54, 1.807) is 0 Å². The highest BCUT2D eigenvalue weighted by Gasteiger charge is 2.21. The Labute approximate surface area is 364 Å². The SMILES string of the molecule is c1ccc(-n2c3ccccc3c3cc(-c4ccc5c(c4)c4c(-c6ccccc6-c6ccc7c(c6)c6ccccc6n7-c6ccccc6)cccc4n5-c4ccccc4)ccc32)cc1. The number of nitrogens with zero attached hydrogens (tertiary/aromatic N) is 3. The zero-order chi connectivity index (χ0) is 41.4. The summed E-state index contributed by atoms with van der Waals surface area (Å²) in [5.74, 6) is 0. The van der Waals surface area contributed by atoms with Crippen LogP contribution in [0.2, 0.25) is 0 Å². The highest BCUT2D eigenvalue weighted by Crippen LogP contribution is 2.44. The standard InChI is InChI=1S/C60H39N3/c1-4-17-43(18-5-1)61-54-28-14-12-25-48(54)51-37-40(31-34-56(51)61)41-32-35-58-53(38-41)60-50(27-16-30-59(60)63(58)45-21-8-3-9-22-45)47-24-11-10-23-46(47)42-33-36-57-52(39-42)49-26-13-15-29-55(49)62(57)44-19-6-2-7-20-44/h1-39H. The Morgan fingerprint density at radius 1 is 0.206 bits per heavy atom. The van der Waals surface area contributed by atoms with Gasteiger partial charge in [0.2, 0.25) is 0 Å². The third kappa shape index (κ3) is 5.46. The lowest BCUT2D eigenvalue weighted by Gasteiger charge is -2.13. The van der Waals surface area contributed by atoms with Crippen molar-refractivity contribution in [3.8, 4) is 50.4 Å². The van der Waals surface area contributed by atoms with Gasteiger partial charge in [-0.25, -0.2) is 0 Å². The molecular weight excluding hydrogens is 763 g/mol. The lowest BCUT2D eigenvalue weighted by atomic mass is 9.91. The molecule has 3 heteroatoms. The van der Waals surface area contributed by atoms with Crippen LogP contribution in [0.15, 0.2) is 237 Å². The maximum Gasteiger partial charge on any atom is 0.0547 e. The van der Waals surface area contributed by atoms with Crippen LogP contribution in [-0.4, -0.2) is 13.7 Å². The van der Waals surface area contributed by atoms with E-state index in [1.165, 1.54) is 104 Å². The van der Waals surface area contributed by atoms with Crippen molar-refractivity contribution in [3.05, 3.63) is 237 Å². The lowest BCUT2D eigenvalue weighted by Crippen LogP contribution is -1.93. The third-order valence-electron chi connectivity index (χ3n) is 13.0. The number of para-hydroxylation sites is 5. The molecule has 294 valence electrons. The van der Waals surface area contributed by atoms with Crippen LogP contribution >= 0.6 is 0 Å². The summed E-state index contributed by atoms with van der Waals surface area (Å²) in [7, 11) is 0. The average Bonchev–Trinajstić information content (AvgIpc) is 4.00. The maximum atomic E-state index is 2.43. The van der Waals surface area contributed by atoms with E-state index < -0.39 is 0 Å². The highest BCUT2D eigenvalue weighted by atomic mass is 15.0. The van der Waals surface area contributed by atoms with Crippen LogP contribution in [0.1, 0.15) is 0 Å². The van der Waals surface area contributed by atoms with Crippen molar-refractivity contribution in [2.45, 2.75) is 0 Å². The topological polar surface area (TPSA) is 14.8 Å². The van der Waals surface area contributed by atoms with Crippen molar-refractivity contribution >= 4 is 65.4 Å². The molecule has 0 aliphatic rings. The first kappa shape index (κ1) is 35.4. The predicted molar refractivity (Wildman–Crippen MR) is 266 cm³/mol. The van der Waals surface area contributed by atoms with Gasteiger partial charge < -0.3 is 13.7 Å². The molecule has 0 radical (unpaired) electrons. The summed E-state index contributed by atoms with van der Waals surface area (Å²) >= 11 is 0. The number of hydrogen-bond donors (Lipinski definition) is 0. The second-order valence-corrected chi connectivity index (χ2v) is 16.5. The lowest BCUT2D eigenvalue weighted by molar-refractivity contribution is 1.18. The largest absolute Gasteiger partial charge is 0.309 e. The molecule has 10 aromatic carbocycles. The zero-order valence-electron chi connectivity index (χ0n) is 34.4. The number of rotatable bonds is 6. The molecule has 0 bridgehead atoms. The van der Waals surface area contributed by atoms with Crippen molar-refractivity contribution in [1.29, 1.82) is 0 Å². The van der Waals surface area contributed by atoms with E-state index in [-0.39, 0.29) is 0 Å². The molecule has 3 nitrogen and oxygen atoms in total. The van der Waals surface area contributed by atoms with E-state index in [0.717, 1.165) is 11.4 Å². The molecule has 0 spiro atoms. The van der Waals surface area contributed by atoms with Crippen LogP contribution < -0.4 is 0 Å². The minimum atomic E-state index is 1.14. The molecular formula is C60H39N3. The first-order valence-corrected chi connectivity index (χ1v) is 21.7. The van der Waals surface area contributed by atoms with Gasteiger partial charge in [0.25, 0.3) is 0 Å². The van der Waals surface area contributed by atoms with Crippen LogP contribution in [-0.2, 0) is 0 Å². The molecule has 3 heterocycles. The zero-order valence-corrected chi connectivity index (χ0v) is 34.4. The van der Waals surface area contributed by atoms with Gasteiger partial charge in [0.05, 0.1) is 33.1 Å². The smallest absolute Gasteiger partial charge is 0.0547 e. The van der Waals surface area contributed by atoms with Crippen LogP contribution in [0.4, 0.5) is 0 Å². The van der Waals surface area contributed by atoms with Crippen molar-refractivity contribution in [1.82, 2.24) is 13.7 Å². The van der Waals surface area contributed by atoms with Gasteiger partial charge in [0, 0.05) is 49.4 Å². The monoisotopic (exact) mass is 801 g/mol. The molecule has 0 amide bonds. The molecule has 0 saturated carbocycles. The van der Waals surface area contributed by atoms with Gasteiger partial charge in [-0.1, -0.05) is 146 Å². The van der Waals surface area contributed by atoms with Gasteiger partial charge in [-0.15, -0.1) is 0 Å². The summed E-state index contributed by atoms with van der Waals surface area (Å²) in [6, 6.07) is 86.5. The second-order valence-electron chi connectivity index (χ2n) is 16.5. The molecule has 0 fully saturated rings. The van der Waals surface area contributed by atoms with Crippen LogP contribution in [0.25, 0.3) is 116 Å². The predicted octanol–water partition coefficient (Wildman–Crippen LogP) is 16.0. The van der Waals surface area contributed by atoms with Crippen molar-refractivity contribution < 1.29 is 0 Å². The van der Waals surface area contributed by atoms with E-state index in [1.807, 2.05) is 0 Å². The minimum absolute atomic E-state index is 1.14. The summed E-state index contributed by atoms with van der Waals surface area (Å²) in [5, 5.41) is 7.46. The Bertz CT molecular complexity index is 3890. The summed E-state index contributed by atoms with van der Waals surface area (Å²) in [5.41, 5.74) is 17.9. The fourth-order valence-corrected chi connectivity index (χ4v) is 10.3. The summed E-state index contributed by atoms with van der Waals surface area (Å²) in [6.45, 7) is 0. The molecule has 0 unspecified atom stereocenters. The number of aromatic nitrogens is 3. The second kappa shape index (κ2) is 14.1. The molecule has 63 heavy (non-hydrogen) atoms. The van der Waals surface area contributed by atoms with E-state index in [0.29, 0.717) is 0 Å². The van der Waals surface area contributed by atoms with E-state index >= 15 is 0 Å². The van der Waals surface area contributed by atoms with Crippen molar-refractivity contribution in [2.75, 3.05) is 0 Å². The Hall–Kier alpha value is -8.40. The van der Waals surface area contributed by atoms with Gasteiger partial charge in [-0.05, 0) is 124 Å². The van der Waals surface area contributed by atoms with Gasteiger partial charge >= 0.3 is 0 Å². The Kier molecular flexibility index (Phi) is 7.91. The van der Waals surface area contributed by atoms with E-state index in [9.17, 15) is 0 Å². The van der Waals surface area contributed by atoms with Crippen LogP contribution in [0.5, 0.6) is 0 Å². The summed E-state index contributed by atoms with van der Waals surface area (Å²) in [4.78, 5) is 0. The molecule has 13 aromatic rings. The van der Waals surface area contributed by atoms with Crippen molar-refractivity contribution in [3.63, 3.8) is 0 Å². The first-order valence-electron chi connectivity index (χ1n) is 21.7.